The summed E-state index contributed by atoms with van der Waals surface area (Å²) in [5, 5.41) is 4.34. The number of hydrogen-bond acceptors (Lipinski definition) is 2. The molecule has 3 heterocycles. The molecule has 1 aliphatic heterocycles. The number of aromatic nitrogens is 2. The maximum absolute atomic E-state index is 5.85. The van der Waals surface area contributed by atoms with Crippen molar-refractivity contribution in [3.63, 3.8) is 0 Å². The molecule has 0 bridgehead atoms. The van der Waals surface area contributed by atoms with Crippen LogP contribution in [-0.2, 0) is 0 Å². The predicted molar refractivity (Wildman–Crippen MR) is 126 cm³/mol. The molecule has 2 aromatic heterocycles. The zero-order valence-electron chi connectivity index (χ0n) is 17.6. The van der Waals surface area contributed by atoms with Crippen LogP contribution in [0.3, 0.4) is 0 Å². The van der Waals surface area contributed by atoms with E-state index in [1.165, 1.54) is 42.6 Å². The summed E-state index contributed by atoms with van der Waals surface area (Å²) in [5.74, 6) is 0. The van der Waals surface area contributed by atoms with Crippen molar-refractivity contribution in [1.29, 1.82) is 0 Å². The zero-order chi connectivity index (χ0) is 20.7. The Morgan fingerprint density at radius 2 is 1.73 bits per heavy atom. The zero-order valence-corrected chi connectivity index (χ0v) is 18.4. The van der Waals surface area contributed by atoms with Gasteiger partial charge in [-0.3, -0.25) is 4.98 Å². The predicted octanol–water partition coefficient (Wildman–Crippen LogP) is 5.79. The summed E-state index contributed by atoms with van der Waals surface area (Å²) < 4.78 is 2.57. The number of thiocarbonyl (C=S) groups is 1. The highest BCUT2D eigenvalue weighted by molar-refractivity contribution is 7.80. The first-order valence-corrected chi connectivity index (χ1v) is 11.3. The van der Waals surface area contributed by atoms with E-state index in [4.69, 9.17) is 12.2 Å². The Kier molecular flexibility index (Phi) is 5.07. The van der Waals surface area contributed by atoms with Gasteiger partial charge in [-0.05, 0) is 74.8 Å². The number of benzene rings is 1. The lowest BCUT2D eigenvalue weighted by atomic mass is 9.96. The summed E-state index contributed by atoms with van der Waals surface area (Å²) in [4.78, 5) is 6.95. The standard InChI is InChI=1S/C25H28N4S/c1-17-16-21(18(2)28(17)19-12-6-7-13-19)24-23(22-14-8-9-15-26-22)27-25(30)29(24)20-10-4-3-5-11-20/h3-5,8-11,14-16,19,23-24H,6-7,12-13H2,1-2H3,(H,27,30). The van der Waals surface area contributed by atoms with Crippen molar-refractivity contribution in [3.8, 4) is 0 Å². The summed E-state index contributed by atoms with van der Waals surface area (Å²) in [6, 6.07) is 19.7. The highest BCUT2D eigenvalue weighted by Gasteiger charge is 2.42. The Bertz CT molecular complexity index is 1040. The lowest BCUT2D eigenvalue weighted by molar-refractivity contribution is 0.494. The Morgan fingerprint density at radius 3 is 2.43 bits per heavy atom. The molecular formula is C25H28N4S. The van der Waals surface area contributed by atoms with E-state index in [1.54, 1.807) is 0 Å². The van der Waals surface area contributed by atoms with Gasteiger partial charge in [-0.2, -0.15) is 0 Å². The van der Waals surface area contributed by atoms with Crippen molar-refractivity contribution < 1.29 is 0 Å². The quantitative estimate of drug-likeness (QED) is 0.546. The first-order valence-electron chi connectivity index (χ1n) is 10.9. The van der Waals surface area contributed by atoms with E-state index in [0.29, 0.717) is 6.04 Å². The van der Waals surface area contributed by atoms with Crippen molar-refractivity contribution in [2.75, 3.05) is 4.90 Å². The fourth-order valence-corrected chi connectivity index (χ4v) is 5.71. The van der Waals surface area contributed by atoms with Gasteiger partial charge >= 0.3 is 0 Å². The van der Waals surface area contributed by atoms with Crippen molar-refractivity contribution in [1.82, 2.24) is 14.9 Å². The molecule has 1 saturated carbocycles. The molecule has 1 saturated heterocycles. The molecular weight excluding hydrogens is 388 g/mol. The summed E-state index contributed by atoms with van der Waals surface area (Å²) in [6.07, 6.45) is 7.09. The number of nitrogens with zero attached hydrogens (tertiary/aromatic N) is 3. The van der Waals surface area contributed by atoms with Gasteiger partial charge in [0.05, 0.1) is 17.8 Å². The molecule has 5 rings (SSSR count). The highest BCUT2D eigenvalue weighted by Crippen LogP contribution is 2.44. The molecule has 1 N–H and O–H groups in total. The van der Waals surface area contributed by atoms with Crippen molar-refractivity contribution >= 4 is 23.0 Å². The second-order valence-corrected chi connectivity index (χ2v) is 8.85. The number of aryl methyl sites for hydroxylation is 1. The Labute approximate surface area is 183 Å². The second-order valence-electron chi connectivity index (χ2n) is 8.47. The van der Waals surface area contributed by atoms with Crippen LogP contribution in [0.1, 0.15) is 66.5 Å². The third kappa shape index (κ3) is 3.21. The van der Waals surface area contributed by atoms with Gasteiger partial charge in [-0.1, -0.05) is 37.1 Å². The molecule has 5 heteroatoms. The van der Waals surface area contributed by atoms with E-state index in [0.717, 1.165) is 16.5 Å². The Morgan fingerprint density at radius 1 is 1.00 bits per heavy atom. The number of pyridine rings is 1. The van der Waals surface area contributed by atoms with Gasteiger partial charge in [0.2, 0.25) is 0 Å². The fourth-order valence-electron chi connectivity index (χ4n) is 5.36. The normalized spacial score (nSPS) is 21.9. The fraction of sp³-hybridized carbons (Fsp3) is 0.360. The molecule has 154 valence electrons. The number of para-hydroxylation sites is 1. The summed E-state index contributed by atoms with van der Waals surface area (Å²) in [5.41, 5.74) is 6.18. The van der Waals surface area contributed by atoms with Crippen LogP contribution in [0.4, 0.5) is 5.69 Å². The molecule has 30 heavy (non-hydrogen) atoms. The van der Waals surface area contributed by atoms with Gasteiger partial charge in [0.25, 0.3) is 0 Å². The van der Waals surface area contributed by atoms with Crippen LogP contribution in [0.15, 0.2) is 60.8 Å². The van der Waals surface area contributed by atoms with E-state index >= 15 is 0 Å². The van der Waals surface area contributed by atoms with Gasteiger partial charge in [0.15, 0.2) is 5.11 Å². The number of hydrogen-bond donors (Lipinski definition) is 1. The molecule has 2 atom stereocenters. The van der Waals surface area contributed by atoms with Crippen LogP contribution in [0.5, 0.6) is 0 Å². The van der Waals surface area contributed by atoms with Crippen LogP contribution < -0.4 is 10.2 Å². The molecule has 0 amide bonds. The Hall–Kier alpha value is -2.66. The second kappa shape index (κ2) is 7.88. The minimum atomic E-state index is 0.0106. The minimum Gasteiger partial charge on any atom is -0.351 e. The van der Waals surface area contributed by atoms with Gasteiger partial charge in [0.1, 0.15) is 0 Å². The lowest BCUT2D eigenvalue weighted by Crippen LogP contribution is -2.29. The number of nitrogens with one attached hydrogen (secondary N) is 1. The van der Waals surface area contributed by atoms with Crippen LogP contribution in [0.25, 0.3) is 0 Å². The molecule has 2 fully saturated rings. The first kappa shape index (κ1) is 19.3. The van der Waals surface area contributed by atoms with Gasteiger partial charge in [0, 0.05) is 29.3 Å². The molecule has 0 radical (unpaired) electrons. The van der Waals surface area contributed by atoms with E-state index in [9.17, 15) is 0 Å². The van der Waals surface area contributed by atoms with Crippen LogP contribution in [-0.4, -0.2) is 14.7 Å². The summed E-state index contributed by atoms with van der Waals surface area (Å²) in [7, 11) is 0. The SMILES string of the molecule is Cc1cc(C2C(c3ccccn3)NC(=S)N2c2ccccc2)c(C)n1C1CCCC1. The third-order valence-corrected chi connectivity index (χ3v) is 6.98. The van der Waals surface area contributed by atoms with Crippen LogP contribution >= 0.6 is 12.2 Å². The van der Waals surface area contributed by atoms with Gasteiger partial charge < -0.3 is 14.8 Å². The van der Waals surface area contributed by atoms with Gasteiger partial charge in [-0.25, -0.2) is 0 Å². The summed E-state index contributed by atoms with van der Waals surface area (Å²) in [6.45, 7) is 4.53. The molecule has 3 aromatic rings. The number of rotatable bonds is 4. The van der Waals surface area contributed by atoms with E-state index in [2.05, 4.69) is 76.1 Å². The molecule has 2 unspecified atom stereocenters. The molecule has 2 aliphatic rings. The number of anilines is 1. The Balaban J connectivity index is 1.64. The smallest absolute Gasteiger partial charge is 0.174 e. The van der Waals surface area contributed by atoms with Gasteiger partial charge in [-0.15, -0.1) is 0 Å². The van der Waals surface area contributed by atoms with Crippen molar-refractivity contribution in [2.45, 2.75) is 57.7 Å². The van der Waals surface area contributed by atoms with Crippen molar-refractivity contribution in [2.24, 2.45) is 0 Å². The molecule has 1 aliphatic carbocycles. The lowest BCUT2D eigenvalue weighted by Gasteiger charge is -2.28. The first-order chi connectivity index (χ1) is 14.6. The third-order valence-electron chi connectivity index (χ3n) is 6.66. The highest BCUT2D eigenvalue weighted by atomic mass is 32.1. The molecule has 0 spiro atoms. The maximum atomic E-state index is 5.85. The average Bonchev–Trinajstić information content (AvgIpc) is 3.47. The maximum Gasteiger partial charge on any atom is 0.174 e. The topological polar surface area (TPSA) is 33.1 Å². The average molecular weight is 417 g/mol. The molecule has 4 nitrogen and oxygen atoms in total. The van der Waals surface area contributed by atoms with Crippen molar-refractivity contribution in [3.05, 3.63) is 83.4 Å². The van der Waals surface area contributed by atoms with E-state index in [-0.39, 0.29) is 12.1 Å². The largest absolute Gasteiger partial charge is 0.351 e. The van der Waals surface area contributed by atoms with E-state index < -0.39 is 0 Å². The monoisotopic (exact) mass is 416 g/mol. The van der Waals surface area contributed by atoms with E-state index in [1.807, 2.05) is 18.3 Å². The summed E-state index contributed by atoms with van der Waals surface area (Å²) >= 11 is 5.85. The minimum absolute atomic E-state index is 0.0106. The van der Waals surface area contributed by atoms with Crippen LogP contribution in [0.2, 0.25) is 0 Å². The molecule has 1 aromatic carbocycles. The van der Waals surface area contributed by atoms with Crippen LogP contribution in [0, 0.1) is 13.8 Å².